The maximum Gasteiger partial charge on any atom is 0.390 e. The van der Waals surface area contributed by atoms with Crippen LogP contribution >= 0.6 is 0 Å². The number of phenols is 1. The molecule has 6 heteroatoms. The van der Waals surface area contributed by atoms with Gasteiger partial charge in [-0.3, -0.25) is 4.79 Å². The van der Waals surface area contributed by atoms with E-state index < -0.39 is 12.6 Å². The first-order valence-corrected chi connectivity index (χ1v) is 5.32. The fourth-order valence-electron chi connectivity index (χ4n) is 1.48. The summed E-state index contributed by atoms with van der Waals surface area (Å²) in [5.41, 5.74) is 0.588. The number of rotatable bonds is 4. The third-order valence-corrected chi connectivity index (χ3v) is 2.53. The van der Waals surface area contributed by atoms with Crippen molar-refractivity contribution in [3.8, 4) is 5.75 Å². The molecule has 0 aliphatic carbocycles. The molecule has 0 amide bonds. The molecule has 0 aliphatic heterocycles. The molecule has 0 radical (unpaired) electrons. The summed E-state index contributed by atoms with van der Waals surface area (Å²) >= 11 is 0. The van der Waals surface area contributed by atoms with Crippen LogP contribution in [0.3, 0.4) is 0 Å². The number of aromatic hydroxyl groups is 1. The fourth-order valence-corrected chi connectivity index (χ4v) is 1.48. The number of alkyl halides is 3. The second-order valence-electron chi connectivity index (χ2n) is 4.04. The second-order valence-corrected chi connectivity index (χ2v) is 4.04. The minimum Gasteiger partial charge on any atom is -0.507 e. The molecule has 18 heavy (non-hydrogen) atoms. The van der Waals surface area contributed by atoms with Crippen molar-refractivity contribution >= 4 is 11.5 Å². The molecule has 0 aliphatic rings. The molecule has 0 aromatic heterocycles. The Hall–Kier alpha value is -1.72. The Balaban J connectivity index is 2.78. The molecule has 0 saturated carbocycles. The molecule has 100 valence electrons. The lowest BCUT2D eigenvalue weighted by atomic mass is 10.1. The van der Waals surface area contributed by atoms with Gasteiger partial charge in [0.05, 0.1) is 12.0 Å². The number of benzene rings is 1. The molecule has 0 heterocycles. The van der Waals surface area contributed by atoms with Crippen molar-refractivity contribution in [2.75, 3.05) is 18.5 Å². The van der Waals surface area contributed by atoms with Crippen molar-refractivity contribution in [2.45, 2.75) is 19.5 Å². The molecule has 1 rings (SSSR count). The van der Waals surface area contributed by atoms with Crippen LogP contribution in [0.1, 0.15) is 23.7 Å². The van der Waals surface area contributed by atoms with Gasteiger partial charge in [0.25, 0.3) is 0 Å². The Bertz CT molecular complexity index is 443. The first-order chi connectivity index (χ1) is 8.20. The molecule has 0 saturated heterocycles. The van der Waals surface area contributed by atoms with Crippen LogP contribution in [0.2, 0.25) is 0 Å². The number of ketones is 1. The van der Waals surface area contributed by atoms with Crippen molar-refractivity contribution in [3.63, 3.8) is 0 Å². The highest BCUT2D eigenvalue weighted by atomic mass is 19.4. The summed E-state index contributed by atoms with van der Waals surface area (Å²) in [7, 11) is 1.49. The molecular weight excluding hydrogens is 247 g/mol. The van der Waals surface area contributed by atoms with E-state index in [2.05, 4.69) is 0 Å². The molecular formula is C12H14F3NO2. The maximum absolute atomic E-state index is 12.1. The van der Waals surface area contributed by atoms with Crippen molar-refractivity contribution < 1.29 is 23.1 Å². The highest BCUT2D eigenvalue weighted by Crippen LogP contribution is 2.26. The van der Waals surface area contributed by atoms with E-state index >= 15 is 0 Å². The van der Waals surface area contributed by atoms with Crippen LogP contribution in [0.4, 0.5) is 18.9 Å². The molecule has 0 bridgehead atoms. The van der Waals surface area contributed by atoms with Crippen molar-refractivity contribution in [1.82, 2.24) is 0 Å². The molecule has 3 nitrogen and oxygen atoms in total. The third-order valence-electron chi connectivity index (χ3n) is 2.53. The highest BCUT2D eigenvalue weighted by molar-refractivity contribution is 5.97. The van der Waals surface area contributed by atoms with E-state index in [0.29, 0.717) is 5.69 Å². The van der Waals surface area contributed by atoms with Crippen molar-refractivity contribution in [1.29, 1.82) is 0 Å². The number of Topliss-reactive ketones (excluding diaryl/α,β-unsaturated/α-hetero) is 1. The molecule has 0 unspecified atom stereocenters. The number of halogens is 3. The lowest BCUT2D eigenvalue weighted by Gasteiger charge is -2.20. The number of phenolic OH excluding ortho intramolecular Hbond substituents is 1. The van der Waals surface area contributed by atoms with Crippen LogP contribution < -0.4 is 4.90 Å². The van der Waals surface area contributed by atoms with Crippen LogP contribution in [0.25, 0.3) is 0 Å². The second kappa shape index (κ2) is 5.29. The fraction of sp³-hybridized carbons (Fsp3) is 0.417. The zero-order valence-electron chi connectivity index (χ0n) is 10.1. The van der Waals surface area contributed by atoms with E-state index in [9.17, 15) is 23.1 Å². The largest absolute Gasteiger partial charge is 0.507 e. The highest BCUT2D eigenvalue weighted by Gasteiger charge is 2.27. The van der Waals surface area contributed by atoms with Crippen LogP contribution in [0.15, 0.2) is 18.2 Å². The Kier molecular flexibility index (Phi) is 4.21. The molecule has 1 N–H and O–H groups in total. The predicted molar refractivity (Wildman–Crippen MR) is 62.1 cm³/mol. The lowest BCUT2D eigenvalue weighted by Crippen LogP contribution is -2.24. The van der Waals surface area contributed by atoms with Crippen LogP contribution in [0, 0.1) is 0 Å². The Morgan fingerprint density at radius 2 is 2.00 bits per heavy atom. The number of anilines is 1. The zero-order chi connectivity index (χ0) is 13.9. The summed E-state index contributed by atoms with van der Waals surface area (Å²) < 4.78 is 36.2. The summed E-state index contributed by atoms with van der Waals surface area (Å²) in [6, 6.07) is 4.19. The smallest absolute Gasteiger partial charge is 0.390 e. The van der Waals surface area contributed by atoms with Gasteiger partial charge in [-0.1, -0.05) is 0 Å². The first-order valence-electron chi connectivity index (χ1n) is 5.32. The molecule has 0 spiro atoms. The average Bonchev–Trinajstić information content (AvgIpc) is 2.24. The van der Waals surface area contributed by atoms with Crippen molar-refractivity contribution in [2.24, 2.45) is 0 Å². The van der Waals surface area contributed by atoms with E-state index in [1.807, 2.05) is 0 Å². The molecule has 0 fully saturated rings. The molecule has 0 atom stereocenters. The summed E-state index contributed by atoms with van der Waals surface area (Å²) in [4.78, 5) is 12.5. The quantitative estimate of drug-likeness (QED) is 0.847. The number of hydrogen-bond acceptors (Lipinski definition) is 3. The Morgan fingerprint density at radius 1 is 1.39 bits per heavy atom. The van der Waals surface area contributed by atoms with Crippen molar-refractivity contribution in [3.05, 3.63) is 23.8 Å². The van der Waals surface area contributed by atoms with E-state index in [-0.39, 0.29) is 23.6 Å². The monoisotopic (exact) mass is 261 g/mol. The van der Waals surface area contributed by atoms with Gasteiger partial charge in [-0.05, 0) is 19.1 Å². The van der Waals surface area contributed by atoms with Gasteiger partial charge < -0.3 is 10.0 Å². The number of carbonyl (C=O) groups is 1. The summed E-state index contributed by atoms with van der Waals surface area (Å²) in [5.74, 6) is -0.518. The maximum atomic E-state index is 12.1. The van der Waals surface area contributed by atoms with Gasteiger partial charge in [-0.15, -0.1) is 0 Å². The van der Waals surface area contributed by atoms with E-state index in [0.717, 1.165) is 0 Å². The van der Waals surface area contributed by atoms with Gasteiger partial charge in [0.15, 0.2) is 5.78 Å². The van der Waals surface area contributed by atoms with Gasteiger partial charge in [0, 0.05) is 25.3 Å². The SMILES string of the molecule is CC(=O)c1ccc(N(C)CCC(F)(F)F)cc1O. The molecule has 1 aromatic rings. The topological polar surface area (TPSA) is 40.5 Å². The van der Waals surface area contributed by atoms with Gasteiger partial charge >= 0.3 is 6.18 Å². The number of carbonyl (C=O) groups excluding carboxylic acids is 1. The van der Waals surface area contributed by atoms with Gasteiger partial charge in [0.2, 0.25) is 0 Å². The average molecular weight is 261 g/mol. The predicted octanol–water partition coefficient (Wildman–Crippen LogP) is 2.98. The van der Waals surface area contributed by atoms with Gasteiger partial charge in [-0.25, -0.2) is 0 Å². The normalized spacial score (nSPS) is 11.4. The lowest BCUT2D eigenvalue weighted by molar-refractivity contribution is -0.132. The minimum atomic E-state index is -4.21. The standard InChI is InChI=1S/C12H14F3NO2/c1-8(17)10-4-3-9(7-11(10)18)16(2)6-5-12(13,14)15/h3-4,7,18H,5-6H2,1-2H3. The molecule has 1 aromatic carbocycles. The zero-order valence-corrected chi connectivity index (χ0v) is 10.1. The minimum absolute atomic E-state index is 0.156. The summed E-state index contributed by atoms with van der Waals surface area (Å²) in [5, 5.41) is 9.57. The van der Waals surface area contributed by atoms with Gasteiger partial charge in [-0.2, -0.15) is 13.2 Å². The van der Waals surface area contributed by atoms with E-state index in [1.165, 1.54) is 37.1 Å². The number of hydrogen-bond donors (Lipinski definition) is 1. The van der Waals surface area contributed by atoms with Crippen LogP contribution in [-0.2, 0) is 0 Å². The third kappa shape index (κ3) is 3.94. The number of nitrogens with zero attached hydrogens (tertiary/aromatic N) is 1. The Morgan fingerprint density at radius 3 is 2.44 bits per heavy atom. The van der Waals surface area contributed by atoms with E-state index in [1.54, 1.807) is 0 Å². The summed E-state index contributed by atoms with van der Waals surface area (Å²) in [6.07, 6.45) is -5.14. The first kappa shape index (κ1) is 14.3. The summed E-state index contributed by atoms with van der Waals surface area (Å²) in [6.45, 7) is 1.10. The van der Waals surface area contributed by atoms with Crippen LogP contribution in [-0.4, -0.2) is 30.7 Å². The van der Waals surface area contributed by atoms with Crippen LogP contribution in [0.5, 0.6) is 5.75 Å². The van der Waals surface area contributed by atoms with Gasteiger partial charge in [0.1, 0.15) is 5.75 Å². The van der Waals surface area contributed by atoms with E-state index in [4.69, 9.17) is 0 Å². The Labute approximate surface area is 103 Å².